The summed E-state index contributed by atoms with van der Waals surface area (Å²) in [5.74, 6) is -2.18. The lowest BCUT2D eigenvalue weighted by Crippen LogP contribution is -2.31. The summed E-state index contributed by atoms with van der Waals surface area (Å²) in [7, 11) is 0. The van der Waals surface area contributed by atoms with Gasteiger partial charge in [0.25, 0.3) is 5.91 Å². The quantitative estimate of drug-likeness (QED) is 0.481. The Bertz CT molecular complexity index is 841. The van der Waals surface area contributed by atoms with Gasteiger partial charge in [0, 0.05) is 18.0 Å². The van der Waals surface area contributed by atoms with E-state index in [1.165, 1.54) is 30.6 Å². The predicted octanol–water partition coefficient (Wildman–Crippen LogP) is 1.17. The summed E-state index contributed by atoms with van der Waals surface area (Å²) < 4.78 is 9.85. The number of rotatable bonds is 7. The van der Waals surface area contributed by atoms with Gasteiger partial charge in [-0.1, -0.05) is 0 Å². The summed E-state index contributed by atoms with van der Waals surface area (Å²) in [5.41, 5.74) is 10.9. The second-order valence-corrected chi connectivity index (χ2v) is 5.07. The van der Waals surface area contributed by atoms with Crippen molar-refractivity contribution in [2.24, 2.45) is 0 Å². The van der Waals surface area contributed by atoms with Gasteiger partial charge in [-0.25, -0.2) is 14.6 Å². The smallest absolute Gasteiger partial charge is 0.341 e. The largest absolute Gasteiger partial charge is 0.462 e. The lowest BCUT2D eigenvalue weighted by Gasteiger charge is -2.14. The van der Waals surface area contributed by atoms with Crippen molar-refractivity contribution >= 4 is 29.5 Å². The van der Waals surface area contributed by atoms with Crippen LogP contribution in [-0.2, 0) is 9.47 Å². The molecule has 10 heteroatoms. The predicted molar refractivity (Wildman–Crippen MR) is 95.9 cm³/mol. The second kappa shape index (κ2) is 9.13. The standard InChI is InChI=1S/C17H19N5O5/c1-3-26-16(24)11-9-12(17(25)27-4-2)14(20-13(11)18)21-22-15(23)10-5-7-19-8-6-10/h5-9H,3-4H2,1-2H3,(H,22,23)(H3,18,20,21). The van der Waals surface area contributed by atoms with Gasteiger partial charge >= 0.3 is 11.9 Å². The summed E-state index contributed by atoms with van der Waals surface area (Å²) >= 11 is 0. The second-order valence-electron chi connectivity index (χ2n) is 5.07. The molecular formula is C17H19N5O5. The van der Waals surface area contributed by atoms with Crippen LogP contribution in [0, 0.1) is 0 Å². The maximum atomic E-state index is 12.2. The molecular weight excluding hydrogens is 354 g/mol. The Morgan fingerprint density at radius 3 is 2.22 bits per heavy atom. The molecule has 10 nitrogen and oxygen atoms in total. The van der Waals surface area contributed by atoms with Crippen LogP contribution in [0.2, 0.25) is 0 Å². The Hall–Kier alpha value is -3.69. The molecule has 0 fully saturated rings. The van der Waals surface area contributed by atoms with Crippen LogP contribution in [0.5, 0.6) is 0 Å². The molecule has 0 saturated carbocycles. The number of carbonyl (C=O) groups is 3. The van der Waals surface area contributed by atoms with Gasteiger partial charge in [0.2, 0.25) is 0 Å². The van der Waals surface area contributed by atoms with Gasteiger partial charge in [-0.2, -0.15) is 0 Å². The third-order valence-corrected chi connectivity index (χ3v) is 3.28. The summed E-state index contributed by atoms with van der Waals surface area (Å²) in [6.07, 6.45) is 2.92. The molecule has 2 rings (SSSR count). The molecule has 142 valence electrons. The van der Waals surface area contributed by atoms with Crippen molar-refractivity contribution in [1.82, 2.24) is 15.4 Å². The van der Waals surface area contributed by atoms with Crippen molar-refractivity contribution < 1.29 is 23.9 Å². The third-order valence-electron chi connectivity index (χ3n) is 3.28. The first-order chi connectivity index (χ1) is 13.0. The van der Waals surface area contributed by atoms with E-state index >= 15 is 0 Å². The number of hydrogen-bond acceptors (Lipinski definition) is 9. The molecule has 0 aliphatic carbocycles. The first kappa shape index (κ1) is 19.6. The molecule has 0 saturated heterocycles. The maximum absolute atomic E-state index is 12.2. The van der Waals surface area contributed by atoms with Crippen LogP contribution in [0.25, 0.3) is 0 Å². The van der Waals surface area contributed by atoms with Crippen LogP contribution in [-0.4, -0.2) is 41.0 Å². The molecule has 0 aromatic carbocycles. The lowest BCUT2D eigenvalue weighted by atomic mass is 10.1. The number of nitrogens with zero attached hydrogens (tertiary/aromatic N) is 2. The number of nitrogen functional groups attached to an aromatic ring is 1. The van der Waals surface area contributed by atoms with Gasteiger partial charge < -0.3 is 15.2 Å². The highest BCUT2D eigenvalue weighted by Crippen LogP contribution is 2.21. The van der Waals surface area contributed by atoms with E-state index in [-0.39, 0.29) is 36.0 Å². The first-order valence-corrected chi connectivity index (χ1v) is 8.09. The Balaban J connectivity index is 2.30. The molecule has 2 aromatic heterocycles. The molecule has 2 heterocycles. The number of amides is 1. The van der Waals surface area contributed by atoms with Gasteiger partial charge in [0.15, 0.2) is 5.82 Å². The maximum Gasteiger partial charge on any atom is 0.341 e. The molecule has 0 bridgehead atoms. The molecule has 0 unspecified atom stereocenters. The topological polar surface area (TPSA) is 146 Å². The average molecular weight is 373 g/mol. The summed E-state index contributed by atoms with van der Waals surface area (Å²) in [5, 5.41) is 0. The molecule has 1 amide bonds. The zero-order valence-electron chi connectivity index (χ0n) is 14.8. The number of carbonyl (C=O) groups excluding carboxylic acids is 3. The van der Waals surface area contributed by atoms with Gasteiger partial charge in [-0.05, 0) is 32.0 Å². The molecule has 0 atom stereocenters. The average Bonchev–Trinajstić information content (AvgIpc) is 2.67. The number of pyridine rings is 2. The van der Waals surface area contributed by atoms with Crippen molar-refractivity contribution in [2.75, 3.05) is 24.4 Å². The van der Waals surface area contributed by atoms with E-state index in [4.69, 9.17) is 15.2 Å². The number of nitrogens with two attached hydrogens (primary N) is 1. The van der Waals surface area contributed by atoms with Crippen LogP contribution in [0.4, 0.5) is 11.6 Å². The molecule has 0 aliphatic rings. The van der Waals surface area contributed by atoms with Gasteiger partial charge in [-0.15, -0.1) is 0 Å². The minimum Gasteiger partial charge on any atom is -0.462 e. The highest BCUT2D eigenvalue weighted by atomic mass is 16.5. The fourth-order valence-corrected chi connectivity index (χ4v) is 2.05. The zero-order chi connectivity index (χ0) is 19.8. The van der Waals surface area contributed by atoms with E-state index in [0.717, 1.165) is 0 Å². The SMILES string of the molecule is CCOC(=O)c1cc(C(=O)OCC)c(NNC(=O)c2ccncc2)nc1N. The fourth-order valence-electron chi connectivity index (χ4n) is 2.05. The van der Waals surface area contributed by atoms with Crippen LogP contribution in [0.15, 0.2) is 30.6 Å². The number of hydrazine groups is 1. The Labute approximate surface area is 155 Å². The van der Waals surface area contributed by atoms with Gasteiger partial charge in [0.05, 0.1) is 13.2 Å². The first-order valence-electron chi connectivity index (χ1n) is 8.09. The zero-order valence-corrected chi connectivity index (χ0v) is 14.8. The van der Waals surface area contributed by atoms with Crippen LogP contribution < -0.4 is 16.6 Å². The normalized spacial score (nSPS) is 10.0. The molecule has 27 heavy (non-hydrogen) atoms. The van der Waals surface area contributed by atoms with E-state index in [0.29, 0.717) is 5.56 Å². The summed E-state index contributed by atoms with van der Waals surface area (Å²) in [6.45, 7) is 3.52. The summed E-state index contributed by atoms with van der Waals surface area (Å²) in [4.78, 5) is 44.1. The van der Waals surface area contributed by atoms with Crippen molar-refractivity contribution in [3.05, 3.63) is 47.3 Å². The van der Waals surface area contributed by atoms with E-state index in [1.54, 1.807) is 13.8 Å². The number of esters is 2. The third kappa shape index (κ3) is 4.91. The Morgan fingerprint density at radius 2 is 1.63 bits per heavy atom. The monoisotopic (exact) mass is 373 g/mol. The molecule has 0 radical (unpaired) electrons. The van der Waals surface area contributed by atoms with E-state index < -0.39 is 17.8 Å². The van der Waals surface area contributed by atoms with E-state index in [2.05, 4.69) is 20.8 Å². The van der Waals surface area contributed by atoms with Crippen LogP contribution >= 0.6 is 0 Å². The van der Waals surface area contributed by atoms with Crippen molar-refractivity contribution in [1.29, 1.82) is 0 Å². The molecule has 2 aromatic rings. The van der Waals surface area contributed by atoms with Crippen LogP contribution in [0.3, 0.4) is 0 Å². The molecule has 0 spiro atoms. The van der Waals surface area contributed by atoms with Gasteiger partial charge in [0.1, 0.15) is 16.9 Å². The highest BCUT2D eigenvalue weighted by molar-refractivity contribution is 6.02. The Morgan fingerprint density at radius 1 is 1.04 bits per heavy atom. The van der Waals surface area contributed by atoms with Crippen molar-refractivity contribution in [3.8, 4) is 0 Å². The number of anilines is 2. The highest BCUT2D eigenvalue weighted by Gasteiger charge is 2.22. The molecule has 0 aliphatic heterocycles. The minimum absolute atomic E-state index is 0.0681. The van der Waals surface area contributed by atoms with Crippen molar-refractivity contribution in [3.63, 3.8) is 0 Å². The fraction of sp³-hybridized carbons (Fsp3) is 0.235. The number of aromatic nitrogens is 2. The lowest BCUT2D eigenvalue weighted by molar-refractivity contribution is 0.0525. The summed E-state index contributed by atoms with van der Waals surface area (Å²) in [6, 6.07) is 4.23. The van der Waals surface area contributed by atoms with Crippen LogP contribution in [0.1, 0.15) is 44.9 Å². The minimum atomic E-state index is -0.740. The van der Waals surface area contributed by atoms with Crippen molar-refractivity contribution in [2.45, 2.75) is 13.8 Å². The Kier molecular flexibility index (Phi) is 6.64. The van der Waals surface area contributed by atoms with E-state index in [1.807, 2.05) is 0 Å². The van der Waals surface area contributed by atoms with Gasteiger partial charge in [-0.3, -0.25) is 20.6 Å². The number of nitrogens with one attached hydrogen (secondary N) is 2. The number of ether oxygens (including phenoxy) is 2. The molecule has 4 N–H and O–H groups in total. The van der Waals surface area contributed by atoms with E-state index in [9.17, 15) is 14.4 Å². The number of hydrogen-bond donors (Lipinski definition) is 3.